The second kappa shape index (κ2) is 7.27. The van der Waals surface area contributed by atoms with Crippen LogP contribution in [-0.2, 0) is 10.5 Å². The highest BCUT2D eigenvalue weighted by Gasteiger charge is 2.47. The van der Waals surface area contributed by atoms with Crippen LogP contribution >= 0.6 is 23.4 Å². The van der Waals surface area contributed by atoms with Crippen LogP contribution in [0.2, 0.25) is 5.02 Å². The number of amidine groups is 1. The van der Waals surface area contributed by atoms with E-state index in [2.05, 4.69) is 4.99 Å². The summed E-state index contributed by atoms with van der Waals surface area (Å²) in [6.07, 6.45) is -4.98. The number of carboxylic acid groups (broad SMARTS) is 1. The molecule has 5 nitrogen and oxygen atoms in total. The number of alkyl halides is 3. The molecular formula is C17H16ClF3N2O3S. The number of carbonyl (C=O) groups is 1. The van der Waals surface area contributed by atoms with Crippen molar-refractivity contribution in [1.29, 1.82) is 0 Å². The fourth-order valence-electron chi connectivity index (χ4n) is 3.21. The molecule has 0 saturated heterocycles. The summed E-state index contributed by atoms with van der Waals surface area (Å²) in [5.74, 6) is -0.576. The maximum atomic E-state index is 13.9. The van der Waals surface area contributed by atoms with Gasteiger partial charge in [-0.2, -0.15) is 13.2 Å². The Labute approximate surface area is 162 Å². The Bertz CT molecular complexity index is 855. The van der Waals surface area contributed by atoms with Crippen LogP contribution in [-0.4, -0.2) is 42.0 Å². The van der Waals surface area contributed by atoms with E-state index in [4.69, 9.17) is 16.3 Å². The number of anilines is 1. The van der Waals surface area contributed by atoms with Crippen molar-refractivity contribution in [2.75, 3.05) is 18.6 Å². The summed E-state index contributed by atoms with van der Waals surface area (Å²) in [6, 6.07) is 3.02. The number of benzene rings is 1. The third-order valence-corrected chi connectivity index (χ3v) is 5.73. The lowest BCUT2D eigenvalue weighted by atomic mass is 10.1. The predicted octanol–water partition coefficient (Wildman–Crippen LogP) is 4.49. The molecule has 0 aromatic heterocycles. The van der Waals surface area contributed by atoms with Crippen molar-refractivity contribution in [3.63, 3.8) is 0 Å². The van der Waals surface area contributed by atoms with Crippen molar-refractivity contribution in [2.24, 2.45) is 4.99 Å². The van der Waals surface area contributed by atoms with Crippen LogP contribution in [0.15, 0.2) is 28.4 Å². The van der Waals surface area contributed by atoms with E-state index in [9.17, 15) is 23.1 Å². The average molecular weight is 421 g/mol. The Morgan fingerprint density at radius 1 is 1.48 bits per heavy atom. The summed E-state index contributed by atoms with van der Waals surface area (Å²) in [5.41, 5.74) is -0.0729. The largest absolute Gasteiger partial charge is 0.494 e. The highest BCUT2D eigenvalue weighted by Crippen LogP contribution is 2.48. The lowest BCUT2D eigenvalue weighted by Gasteiger charge is -2.36. The van der Waals surface area contributed by atoms with Gasteiger partial charge in [0, 0.05) is 16.8 Å². The second-order valence-corrected chi connectivity index (χ2v) is 7.78. The Kier molecular flexibility index (Phi) is 5.36. The van der Waals surface area contributed by atoms with Gasteiger partial charge in [-0.05, 0) is 24.1 Å². The summed E-state index contributed by atoms with van der Waals surface area (Å²) < 4.78 is 47.2. The van der Waals surface area contributed by atoms with Crippen LogP contribution in [0.25, 0.3) is 0 Å². The Balaban J connectivity index is 2.28. The first-order valence-corrected chi connectivity index (χ1v) is 9.37. The molecule has 146 valence electrons. The maximum absolute atomic E-state index is 13.9. The molecule has 2 aliphatic rings. The second-order valence-electron chi connectivity index (χ2n) is 6.15. The van der Waals surface area contributed by atoms with Gasteiger partial charge in [0.2, 0.25) is 0 Å². The molecule has 0 fully saturated rings. The minimum Gasteiger partial charge on any atom is -0.494 e. The van der Waals surface area contributed by atoms with Crippen LogP contribution in [0.5, 0.6) is 5.75 Å². The number of ether oxygens (including phenoxy) is 1. The number of hydrogen-bond acceptors (Lipinski definition) is 5. The number of aliphatic carboxylic acids is 1. The van der Waals surface area contributed by atoms with Gasteiger partial charge in [0.1, 0.15) is 17.3 Å². The fraction of sp³-hybridized carbons (Fsp3) is 0.412. The molecular weight excluding hydrogens is 405 g/mol. The predicted molar refractivity (Wildman–Crippen MR) is 98.9 cm³/mol. The molecule has 2 heterocycles. The van der Waals surface area contributed by atoms with Crippen LogP contribution < -0.4 is 9.64 Å². The van der Waals surface area contributed by atoms with Crippen LogP contribution in [0.1, 0.15) is 18.9 Å². The van der Waals surface area contributed by atoms with Gasteiger partial charge >= 0.3 is 12.1 Å². The number of halogens is 4. The smallest absolute Gasteiger partial charge is 0.431 e. The molecule has 1 aromatic carbocycles. The third-order valence-electron chi connectivity index (χ3n) is 4.25. The molecule has 0 aliphatic carbocycles. The summed E-state index contributed by atoms with van der Waals surface area (Å²) in [7, 11) is 1.35. The summed E-state index contributed by atoms with van der Waals surface area (Å²) in [4.78, 5) is 16.6. The first kappa shape index (κ1) is 19.9. The number of hydrogen-bond donors (Lipinski definition) is 1. The minimum absolute atomic E-state index is 0.0511. The lowest BCUT2D eigenvalue weighted by molar-refractivity contribution is -0.136. The molecule has 1 N–H and O–H groups in total. The number of rotatable bonds is 3. The van der Waals surface area contributed by atoms with E-state index in [1.54, 1.807) is 6.07 Å². The number of nitrogens with zero attached hydrogens (tertiary/aromatic N) is 2. The Hall–Kier alpha value is -1.87. The van der Waals surface area contributed by atoms with Gasteiger partial charge in [-0.25, -0.2) is 0 Å². The van der Waals surface area contributed by atoms with Gasteiger partial charge in [0.25, 0.3) is 0 Å². The fourth-order valence-corrected chi connectivity index (χ4v) is 4.63. The van der Waals surface area contributed by atoms with Crippen molar-refractivity contribution in [2.45, 2.75) is 30.5 Å². The molecule has 0 amide bonds. The van der Waals surface area contributed by atoms with Crippen LogP contribution in [0.4, 0.5) is 18.9 Å². The Morgan fingerprint density at radius 2 is 2.19 bits per heavy atom. The van der Waals surface area contributed by atoms with E-state index in [0.717, 1.165) is 4.90 Å². The monoisotopic (exact) mass is 420 g/mol. The average Bonchev–Trinajstić information content (AvgIpc) is 2.70. The number of methoxy groups -OCH3 is 1. The topological polar surface area (TPSA) is 62.1 Å². The van der Waals surface area contributed by atoms with Crippen molar-refractivity contribution in [3.8, 4) is 5.75 Å². The zero-order chi connectivity index (χ0) is 19.9. The number of thioether (sulfide) groups is 1. The summed E-state index contributed by atoms with van der Waals surface area (Å²) in [5, 5.41) is 8.81. The molecule has 0 spiro atoms. The zero-order valence-electron chi connectivity index (χ0n) is 14.4. The molecule has 27 heavy (non-hydrogen) atoms. The minimum atomic E-state index is -4.64. The van der Waals surface area contributed by atoms with Crippen LogP contribution in [0, 0.1) is 0 Å². The Morgan fingerprint density at radius 3 is 2.78 bits per heavy atom. The highest BCUT2D eigenvalue weighted by atomic mass is 35.5. The van der Waals surface area contributed by atoms with Gasteiger partial charge in [-0.1, -0.05) is 11.6 Å². The summed E-state index contributed by atoms with van der Waals surface area (Å²) in [6.45, 7) is 1.23. The maximum Gasteiger partial charge on any atom is 0.431 e. The molecule has 1 atom stereocenters. The lowest BCUT2D eigenvalue weighted by Crippen LogP contribution is -2.45. The van der Waals surface area contributed by atoms with Crippen molar-refractivity contribution in [3.05, 3.63) is 34.0 Å². The van der Waals surface area contributed by atoms with E-state index in [-0.39, 0.29) is 41.6 Å². The van der Waals surface area contributed by atoms with Crippen LogP contribution in [0.3, 0.4) is 0 Å². The van der Waals surface area contributed by atoms with E-state index < -0.39 is 23.1 Å². The van der Waals surface area contributed by atoms with Gasteiger partial charge in [0.05, 0.1) is 31.0 Å². The number of aliphatic imine (C=N–C) groups is 1. The molecule has 3 rings (SSSR count). The molecule has 0 bridgehead atoms. The number of carboxylic acids is 1. The van der Waals surface area contributed by atoms with Gasteiger partial charge in [0.15, 0.2) is 0 Å². The summed E-state index contributed by atoms with van der Waals surface area (Å²) >= 11 is 7.32. The molecule has 2 aliphatic heterocycles. The van der Waals surface area contributed by atoms with Crippen molar-refractivity contribution in [1.82, 2.24) is 0 Å². The van der Waals surface area contributed by atoms with Gasteiger partial charge < -0.3 is 9.84 Å². The highest BCUT2D eigenvalue weighted by molar-refractivity contribution is 7.99. The number of fused-ring (bicyclic) bond motifs is 3. The standard InChI is InChI=1S/C17H16ClF3N2O3S/c1-8-6-22-16-12(5-13(24)25)27-7-9-3-10(18)4-11(26-2)14(9)23(16)15(8)17(19,20)21/h3-4,12H,5-7H2,1-2H3,(H,24,25)/t12-/m0/s1. The molecule has 0 unspecified atom stereocenters. The van der Waals surface area contributed by atoms with E-state index in [1.807, 2.05) is 0 Å². The molecule has 0 saturated carbocycles. The number of allylic oxidation sites excluding steroid dienone is 1. The zero-order valence-corrected chi connectivity index (χ0v) is 16.0. The van der Waals surface area contributed by atoms with Gasteiger partial charge in [-0.3, -0.25) is 14.7 Å². The quantitative estimate of drug-likeness (QED) is 0.780. The first-order valence-electron chi connectivity index (χ1n) is 7.94. The SMILES string of the molecule is COc1cc(Cl)cc2c1N1C(=NCC(C)=C1C(F)(F)F)[C@H](CC(=O)O)SC2. The van der Waals surface area contributed by atoms with E-state index in [1.165, 1.54) is 31.9 Å². The van der Waals surface area contributed by atoms with E-state index in [0.29, 0.717) is 10.6 Å². The van der Waals surface area contributed by atoms with Crippen molar-refractivity contribution >= 4 is 40.9 Å². The molecule has 10 heteroatoms. The molecule has 1 aromatic rings. The first-order chi connectivity index (χ1) is 12.6. The normalized spacial score (nSPS) is 19.9. The molecule has 0 radical (unpaired) electrons. The third kappa shape index (κ3) is 3.75. The van der Waals surface area contributed by atoms with E-state index >= 15 is 0 Å². The van der Waals surface area contributed by atoms with Gasteiger partial charge in [-0.15, -0.1) is 11.8 Å². The van der Waals surface area contributed by atoms with Crippen molar-refractivity contribution < 1.29 is 27.8 Å².